The van der Waals surface area contributed by atoms with E-state index < -0.39 is 0 Å². The Morgan fingerprint density at radius 2 is 2.00 bits per heavy atom. The van der Waals surface area contributed by atoms with E-state index in [1.165, 1.54) is 16.6 Å². The molecule has 11 heavy (non-hydrogen) atoms. The Labute approximate surface area is 69.3 Å². The minimum atomic E-state index is 1.01. The van der Waals surface area contributed by atoms with Gasteiger partial charge in [-0.05, 0) is 0 Å². The molecule has 0 fully saturated rings. The van der Waals surface area contributed by atoms with Crippen molar-refractivity contribution in [2.75, 3.05) is 0 Å². The average molecular weight is 144 g/mol. The van der Waals surface area contributed by atoms with E-state index in [9.17, 15) is 0 Å². The van der Waals surface area contributed by atoms with Gasteiger partial charge in [-0.15, -0.1) is 0 Å². The number of rotatable bonds is 2. The SMILES string of the molecule is B=C(C)Cc1ccccc1C. The summed E-state index contributed by atoms with van der Waals surface area (Å²) in [6, 6.07) is 8.44. The summed E-state index contributed by atoms with van der Waals surface area (Å²) in [5, 5.41) is 0. The van der Waals surface area contributed by atoms with Gasteiger partial charge in [-0.25, -0.2) is 0 Å². The molecule has 0 nitrogen and oxygen atoms in total. The first-order valence-corrected chi connectivity index (χ1v) is 3.89. The summed E-state index contributed by atoms with van der Waals surface area (Å²) < 4.78 is 0. The van der Waals surface area contributed by atoms with Crippen molar-refractivity contribution in [3.8, 4) is 0 Å². The molecule has 0 saturated heterocycles. The van der Waals surface area contributed by atoms with Crippen LogP contribution < -0.4 is 0 Å². The molecule has 0 aliphatic rings. The second-order valence-corrected chi connectivity index (χ2v) is 3.06. The van der Waals surface area contributed by atoms with Crippen molar-refractivity contribution in [3.63, 3.8) is 0 Å². The van der Waals surface area contributed by atoms with Crippen LogP contribution in [0.3, 0.4) is 0 Å². The van der Waals surface area contributed by atoms with Crippen LogP contribution in [0.25, 0.3) is 0 Å². The summed E-state index contributed by atoms with van der Waals surface area (Å²) in [6.45, 7) is 4.20. The van der Waals surface area contributed by atoms with Crippen LogP contribution in [-0.4, -0.2) is 13.0 Å². The summed E-state index contributed by atoms with van der Waals surface area (Å²) >= 11 is 0. The van der Waals surface area contributed by atoms with Crippen molar-refractivity contribution < 1.29 is 0 Å². The van der Waals surface area contributed by atoms with E-state index in [0.717, 1.165) is 6.42 Å². The van der Waals surface area contributed by atoms with E-state index in [2.05, 4.69) is 45.6 Å². The summed E-state index contributed by atoms with van der Waals surface area (Å²) in [5.41, 5.74) is 3.97. The van der Waals surface area contributed by atoms with Crippen LogP contribution in [0.15, 0.2) is 24.3 Å². The molecule has 0 atom stereocenters. The third-order valence-electron chi connectivity index (χ3n) is 1.75. The molecule has 0 radical (unpaired) electrons. The van der Waals surface area contributed by atoms with Gasteiger partial charge in [-0.1, -0.05) is 0 Å². The van der Waals surface area contributed by atoms with Crippen LogP contribution in [0.1, 0.15) is 18.1 Å². The first-order chi connectivity index (χ1) is 5.20. The molecule has 1 aromatic rings. The van der Waals surface area contributed by atoms with Gasteiger partial charge >= 0.3 is 68.6 Å². The molecule has 0 aromatic heterocycles. The Kier molecular flexibility index (Phi) is 2.64. The second kappa shape index (κ2) is 3.52. The van der Waals surface area contributed by atoms with E-state index in [-0.39, 0.29) is 0 Å². The third kappa shape index (κ3) is 2.34. The first-order valence-electron chi connectivity index (χ1n) is 3.89. The second-order valence-electron chi connectivity index (χ2n) is 3.06. The van der Waals surface area contributed by atoms with Crippen molar-refractivity contribution in [1.29, 1.82) is 0 Å². The zero-order valence-corrected chi connectivity index (χ0v) is 7.22. The Morgan fingerprint density at radius 3 is 2.55 bits per heavy atom. The number of aryl methyl sites for hydroxylation is 1. The monoisotopic (exact) mass is 144 g/mol. The quantitative estimate of drug-likeness (QED) is 0.553. The molecule has 0 spiro atoms. The summed E-state index contributed by atoms with van der Waals surface area (Å²) in [4.78, 5) is 0. The molecule has 0 unspecified atom stereocenters. The maximum absolute atomic E-state index is 3.89. The Morgan fingerprint density at radius 1 is 1.36 bits per heavy atom. The van der Waals surface area contributed by atoms with E-state index >= 15 is 0 Å². The molecule has 0 aliphatic carbocycles. The van der Waals surface area contributed by atoms with Crippen LogP contribution in [0.5, 0.6) is 0 Å². The zero-order chi connectivity index (χ0) is 8.27. The fourth-order valence-electron chi connectivity index (χ4n) is 1.13. The molecule has 1 heteroatoms. The number of hydrogen-bond acceptors (Lipinski definition) is 0. The molecule has 1 aromatic carbocycles. The normalized spacial score (nSPS) is 9.55. The standard InChI is InChI=1S/C10H13B/c1-8-5-3-4-6-10(8)7-9(2)11/h3-6,11H,7H2,1-2H3. The van der Waals surface area contributed by atoms with Gasteiger partial charge in [-0.3, -0.25) is 0 Å². The minimum absolute atomic E-state index is 1.01. The topological polar surface area (TPSA) is 0 Å². The fourth-order valence-corrected chi connectivity index (χ4v) is 1.13. The summed E-state index contributed by atoms with van der Waals surface area (Å²) in [6.07, 6.45) is 1.01. The molecule has 0 bridgehead atoms. The van der Waals surface area contributed by atoms with Crippen LogP contribution in [-0.2, 0) is 6.42 Å². The van der Waals surface area contributed by atoms with Crippen LogP contribution in [0.2, 0.25) is 0 Å². The van der Waals surface area contributed by atoms with E-state index in [4.69, 9.17) is 0 Å². The average Bonchev–Trinajstić information content (AvgIpc) is 1.93. The van der Waals surface area contributed by atoms with Gasteiger partial charge in [0, 0.05) is 0 Å². The molecule has 56 valence electrons. The van der Waals surface area contributed by atoms with Gasteiger partial charge in [0.2, 0.25) is 0 Å². The Bertz CT molecular complexity index is 263. The number of benzene rings is 1. The van der Waals surface area contributed by atoms with Crippen LogP contribution in [0.4, 0.5) is 0 Å². The van der Waals surface area contributed by atoms with Gasteiger partial charge in [0.25, 0.3) is 0 Å². The van der Waals surface area contributed by atoms with Gasteiger partial charge in [0.05, 0.1) is 0 Å². The Balaban J connectivity index is 2.86. The molecule has 1 rings (SSSR count). The Hall–Kier alpha value is -0.845. The predicted molar refractivity (Wildman–Crippen MR) is 52.7 cm³/mol. The van der Waals surface area contributed by atoms with E-state index in [1.807, 2.05) is 0 Å². The summed E-state index contributed by atoms with van der Waals surface area (Å²) in [5.74, 6) is 0. The number of hydrogen-bond donors (Lipinski definition) is 0. The molecule has 0 heterocycles. The van der Waals surface area contributed by atoms with Crippen LogP contribution in [0, 0.1) is 6.92 Å². The van der Waals surface area contributed by atoms with Crippen molar-refractivity contribution in [2.45, 2.75) is 20.3 Å². The molecule has 0 amide bonds. The van der Waals surface area contributed by atoms with Crippen molar-refractivity contribution in [3.05, 3.63) is 35.4 Å². The summed E-state index contributed by atoms with van der Waals surface area (Å²) in [7, 11) is 3.89. The van der Waals surface area contributed by atoms with Gasteiger partial charge < -0.3 is 0 Å². The van der Waals surface area contributed by atoms with E-state index in [0.29, 0.717) is 0 Å². The van der Waals surface area contributed by atoms with E-state index in [1.54, 1.807) is 0 Å². The predicted octanol–water partition coefficient (Wildman–Crippen LogP) is 1.63. The molecular weight excluding hydrogens is 131 g/mol. The van der Waals surface area contributed by atoms with Gasteiger partial charge in [0.1, 0.15) is 0 Å². The van der Waals surface area contributed by atoms with Crippen molar-refractivity contribution in [1.82, 2.24) is 0 Å². The molecule has 0 N–H and O–H groups in total. The molecular formula is C10H13B. The third-order valence-corrected chi connectivity index (χ3v) is 1.75. The first kappa shape index (κ1) is 8.25. The molecule has 0 saturated carbocycles. The van der Waals surface area contributed by atoms with Gasteiger partial charge in [-0.2, -0.15) is 0 Å². The molecule has 0 aliphatic heterocycles. The van der Waals surface area contributed by atoms with Crippen molar-refractivity contribution >= 4 is 13.0 Å². The maximum atomic E-state index is 3.89. The van der Waals surface area contributed by atoms with Crippen molar-refractivity contribution in [2.24, 2.45) is 0 Å². The van der Waals surface area contributed by atoms with Crippen LogP contribution >= 0.6 is 0 Å². The fraction of sp³-hybridized carbons (Fsp3) is 0.300. The zero-order valence-electron chi connectivity index (χ0n) is 7.22. The van der Waals surface area contributed by atoms with Gasteiger partial charge in [0.15, 0.2) is 0 Å².